The van der Waals surface area contributed by atoms with Crippen molar-refractivity contribution in [1.82, 2.24) is 5.32 Å². The molecule has 1 aliphatic carbocycles. The van der Waals surface area contributed by atoms with Crippen LogP contribution in [0.3, 0.4) is 0 Å². The van der Waals surface area contributed by atoms with Crippen LogP contribution in [-0.2, 0) is 0 Å². The van der Waals surface area contributed by atoms with Gasteiger partial charge in [-0.1, -0.05) is 45.4 Å². The van der Waals surface area contributed by atoms with Gasteiger partial charge in [0, 0.05) is 12.6 Å². The van der Waals surface area contributed by atoms with E-state index >= 15 is 0 Å². The highest BCUT2D eigenvalue weighted by molar-refractivity contribution is 5.36. The minimum absolute atomic E-state index is 0.297. The Morgan fingerprint density at radius 1 is 1.25 bits per heavy atom. The van der Waals surface area contributed by atoms with E-state index < -0.39 is 0 Å². The summed E-state index contributed by atoms with van der Waals surface area (Å²) in [6.07, 6.45) is 6.41. The van der Waals surface area contributed by atoms with Gasteiger partial charge in [-0.3, -0.25) is 0 Å². The molecule has 2 heteroatoms. The molecule has 0 radical (unpaired) electrons. The van der Waals surface area contributed by atoms with Crippen LogP contribution < -0.4 is 10.1 Å². The standard InChI is InChI=1S/C18H29NO/c1-4-8-16(13-19-15-11-12-15)20-18-10-7-6-9-17(18)14(3)5-2/h6-7,9-10,14-16,19H,4-5,8,11-13H2,1-3H3. The van der Waals surface area contributed by atoms with Crippen molar-refractivity contribution in [1.29, 1.82) is 0 Å². The van der Waals surface area contributed by atoms with Gasteiger partial charge in [-0.2, -0.15) is 0 Å². The number of rotatable bonds is 9. The third-order valence-corrected chi connectivity index (χ3v) is 4.18. The molecule has 112 valence electrons. The molecule has 2 atom stereocenters. The normalized spacial score (nSPS) is 17.8. The van der Waals surface area contributed by atoms with Crippen LogP contribution >= 0.6 is 0 Å². The lowest BCUT2D eigenvalue weighted by atomic mass is 9.98. The zero-order chi connectivity index (χ0) is 14.4. The summed E-state index contributed by atoms with van der Waals surface area (Å²) in [4.78, 5) is 0. The fourth-order valence-electron chi connectivity index (χ4n) is 2.50. The molecule has 2 rings (SSSR count). The number of hydrogen-bond donors (Lipinski definition) is 1. The third kappa shape index (κ3) is 4.52. The number of benzene rings is 1. The summed E-state index contributed by atoms with van der Waals surface area (Å²) in [5.74, 6) is 1.64. The van der Waals surface area contributed by atoms with Crippen LogP contribution in [-0.4, -0.2) is 18.7 Å². The Morgan fingerprint density at radius 3 is 2.65 bits per heavy atom. The minimum atomic E-state index is 0.297. The van der Waals surface area contributed by atoms with E-state index in [2.05, 4.69) is 50.4 Å². The number of nitrogens with one attached hydrogen (secondary N) is 1. The largest absolute Gasteiger partial charge is 0.489 e. The zero-order valence-electron chi connectivity index (χ0n) is 13.2. The molecule has 1 aromatic rings. The van der Waals surface area contributed by atoms with Crippen molar-refractivity contribution < 1.29 is 4.74 Å². The molecule has 2 unspecified atom stereocenters. The maximum Gasteiger partial charge on any atom is 0.123 e. The highest BCUT2D eigenvalue weighted by atomic mass is 16.5. The van der Waals surface area contributed by atoms with E-state index in [1.807, 2.05) is 0 Å². The van der Waals surface area contributed by atoms with Gasteiger partial charge in [-0.05, 0) is 43.2 Å². The molecule has 0 bridgehead atoms. The quantitative estimate of drug-likeness (QED) is 0.716. The van der Waals surface area contributed by atoms with Gasteiger partial charge in [0.25, 0.3) is 0 Å². The first-order valence-electron chi connectivity index (χ1n) is 8.23. The van der Waals surface area contributed by atoms with Crippen LogP contribution in [0.2, 0.25) is 0 Å². The van der Waals surface area contributed by atoms with Gasteiger partial charge in [0.05, 0.1) is 0 Å². The Balaban J connectivity index is 2.00. The van der Waals surface area contributed by atoms with Crippen LogP contribution in [0.5, 0.6) is 5.75 Å². The molecule has 20 heavy (non-hydrogen) atoms. The molecule has 1 aromatic carbocycles. The number of para-hydroxylation sites is 1. The van der Waals surface area contributed by atoms with Gasteiger partial charge in [-0.25, -0.2) is 0 Å². The average Bonchev–Trinajstić information content (AvgIpc) is 3.29. The van der Waals surface area contributed by atoms with Crippen molar-refractivity contribution in [2.24, 2.45) is 0 Å². The molecule has 1 saturated carbocycles. The lowest BCUT2D eigenvalue weighted by Gasteiger charge is -2.23. The van der Waals surface area contributed by atoms with Crippen molar-refractivity contribution in [3.05, 3.63) is 29.8 Å². The Hall–Kier alpha value is -1.02. The van der Waals surface area contributed by atoms with Gasteiger partial charge in [0.2, 0.25) is 0 Å². The van der Waals surface area contributed by atoms with Gasteiger partial charge < -0.3 is 10.1 Å². The summed E-state index contributed by atoms with van der Waals surface area (Å²) < 4.78 is 6.32. The first-order chi connectivity index (χ1) is 9.74. The van der Waals surface area contributed by atoms with Crippen LogP contribution in [0.1, 0.15) is 64.4 Å². The average molecular weight is 275 g/mol. The molecule has 0 spiro atoms. The summed E-state index contributed by atoms with van der Waals surface area (Å²) in [6, 6.07) is 9.29. The number of ether oxygens (including phenoxy) is 1. The zero-order valence-corrected chi connectivity index (χ0v) is 13.2. The molecular formula is C18H29NO. The van der Waals surface area contributed by atoms with Gasteiger partial charge in [-0.15, -0.1) is 0 Å². The number of hydrogen-bond acceptors (Lipinski definition) is 2. The summed E-state index contributed by atoms with van der Waals surface area (Å²) in [7, 11) is 0. The highest BCUT2D eigenvalue weighted by Crippen LogP contribution is 2.29. The van der Waals surface area contributed by atoms with Crippen molar-refractivity contribution in [3.63, 3.8) is 0 Å². The summed E-state index contributed by atoms with van der Waals surface area (Å²) in [6.45, 7) is 7.72. The SMILES string of the molecule is CCCC(CNC1CC1)Oc1ccccc1C(C)CC. The predicted molar refractivity (Wildman–Crippen MR) is 85.5 cm³/mol. The monoisotopic (exact) mass is 275 g/mol. The third-order valence-electron chi connectivity index (χ3n) is 4.18. The Morgan fingerprint density at radius 2 is 2.00 bits per heavy atom. The van der Waals surface area contributed by atoms with Gasteiger partial charge in [0.1, 0.15) is 11.9 Å². The molecule has 0 aromatic heterocycles. The van der Waals surface area contributed by atoms with Crippen molar-refractivity contribution in [2.45, 2.75) is 70.9 Å². The fraction of sp³-hybridized carbons (Fsp3) is 0.667. The molecule has 1 N–H and O–H groups in total. The highest BCUT2D eigenvalue weighted by Gasteiger charge is 2.22. The summed E-state index contributed by atoms with van der Waals surface area (Å²) in [5, 5.41) is 3.60. The lowest BCUT2D eigenvalue weighted by molar-refractivity contribution is 0.183. The molecule has 1 fully saturated rings. The van der Waals surface area contributed by atoms with Gasteiger partial charge in [0.15, 0.2) is 0 Å². The summed E-state index contributed by atoms with van der Waals surface area (Å²) >= 11 is 0. The van der Waals surface area contributed by atoms with E-state index in [-0.39, 0.29) is 0 Å². The van der Waals surface area contributed by atoms with E-state index in [0.717, 1.165) is 31.2 Å². The lowest BCUT2D eigenvalue weighted by Crippen LogP contribution is -2.32. The van der Waals surface area contributed by atoms with Crippen molar-refractivity contribution in [3.8, 4) is 5.75 Å². The smallest absolute Gasteiger partial charge is 0.123 e. The predicted octanol–water partition coefficient (Wildman–Crippen LogP) is 4.50. The summed E-state index contributed by atoms with van der Waals surface area (Å²) in [5.41, 5.74) is 1.35. The molecule has 1 aliphatic rings. The van der Waals surface area contributed by atoms with Crippen LogP contribution in [0.4, 0.5) is 0 Å². The second-order valence-corrected chi connectivity index (χ2v) is 6.06. The topological polar surface area (TPSA) is 21.3 Å². The first-order valence-corrected chi connectivity index (χ1v) is 8.23. The molecule has 0 saturated heterocycles. The van der Waals surface area contributed by atoms with E-state index in [1.54, 1.807) is 0 Å². The molecule has 0 aliphatic heterocycles. The Labute approximate surface area is 123 Å². The van der Waals surface area contributed by atoms with Crippen molar-refractivity contribution >= 4 is 0 Å². The molecule has 2 nitrogen and oxygen atoms in total. The van der Waals surface area contributed by atoms with Crippen molar-refractivity contribution in [2.75, 3.05) is 6.54 Å². The maximum absolute atomic E-state index is 6.32. The van der Waals surface area contributed by atoms with Crippen LogP contribution in [0, 0.1) is 0 Å². The Bertz CT molecular complexity index is 400. The molecule has 0 heterocycles. The van der Waals surface area contributed by atoms with Crippen LogP contribution in [0.15, 0.2) is 24.3 Å². The van der Waals surface area contributed by atoms with E-state index in [0.29, 0.717) is 12.0 Å². The van der Waals surface area contributed by atoms with E-state index in [9.17, 15) is 0 Å². The van der Waals surface area contributed by atoms with Crippen LogP contribution in [0.25, 0.3) is 0 Å². The molecule has 0 amide bonds. The second kappa shape index (κ2) is 7.68. The minimum Gasteiger partial charge on any atom is -0.489 e. The Kier molecular flexibility index (Phi) is 5.90. The van der Waals surface area contributed by atoms with E-state index in [1.165, 1.54) is 24.8 Å². The second-order valence-electron chi connectivity index (χ2n) is 6.06. The van der Waals surface area contributed by atoms with E-state index in [4.69, 9.17) is 4.74 Å². The molecular weight excluding hydrogens is 246 g/mol. The maximum atomic E-state index is 6.32. The fourth-order valence-corrected chi connectivity index (χ4v) is 2.50. The first kappa shape index (κ1) is 15.4. The van der Waals surface area contributed by atoms with Gasteiger partial charge >= 0.3 is 0 Å².